The molecule has 30 heavy (non-hydrogen) atoms. The first-order chi connectivity index (χ1) is 14.5. The van der Waals surface area contributed by atoms with Gasteiger partial charge in [-0.25, -0.2) is 8.78 Å². The molecule has 0 unspecified atom stereocenters. The molecule has 7 nitrogen and oxygen atoms in total. The van der Waals surface area contributed by atoms with Gasteiger partial charge in [0.25, 0.3) is 5.91 Å². The Labute approximate surface area is 169 Å². The van der Waals surface area contributed by atoms with E-state index in [0.29, 0.717) is 23.3 Å². The van der Waals surface area contributed by atoms with Gasteiger partial charge in [0.1, 0.15) is 11.6 Å². The standard InChI is InChI=1S/C21H17F2N5O2/c1-2-28-18-8-7-14(22)9-16(18)20(29)19(26-28)21(30)25-15-10-24-27(12-15)11-13-5-3-4-6-17(13)23/h3-10,12H,2,11H2,1H3,(H,25,30). The number of anilines is 1. The number of fused-ring (bicyclic) bond motifs is 1. The number of carbonyl (C=O) groups excluding carboxylic acids is 1. The van der Waals surface area contributed by atoms with Crippen LogP contribution < -0.4 is 10.7 Å². The molecule has 0 atom stereocenters. The summed E-state index contributed by atoms with van der Waals surface area (Å²) in [6, 6.07) is 10.1. The summed E-state index contributed by atoms with van der Waals surface area (Å²) in [5.41, 5.74) is 0.197. The maximum absolute atomic E-state index is 13.8. The van der Waals surface area contributed by atoms with Gasteiger partial charge in [-0.05, 0) is 31.2 Å². The van der Waals surface area contributed by atoms with Crippen LogP contribution >= 0.6 is 0 Å². The van der Waals surface area contributed by atoms with Gasteiger partial charge in [0.15, 0.2) is 5.69 Å². The fourth-order valence-electron chi connectivity index (χ4n) is 3.16. The van der Waals surface area contributed by atoms with E-state index >= 15 is 0 Å². The third-order valence-corrected chi connectivity index (χ3v) is 4.61. The summed E-state index contributed by atoms with van der Waals surface area (Å²) >= 11 is 0. The van der Waals surface area contributed by atoms with Crippen LogP contribution in [0, 0.1) is 11.6 Å². The Kier molecular flexibility index (Phi) is 5.09. The van der Waals surface area contributed by atoms with E-state index in [0.717, 1.165) is 6.07 Å². The smallest absolute Gasteiger partial charge is 0.280 e. The van der Waals surface area contributed by atoms with Crippen LogP contribution in [-0.2, 0) is 13.1 Å². The summed E-state index contributed by atoms with van der Waals surface area (Å²) < 4.78 is 30.4. The summed E-state index contributed by atoms with van der Waals surface area (Å²) in [5.74, 6) is -1.67. The van der Waals surface area contributed by atoms with Crippen LogP contribution in [0.1, 0.15) is 23.0 Å². The van der Waals surface area contributed by atoms with E-state index in [1.807, 2.05) is 0 Å². The first kappa shape index (κ1) is 19.4. The number of benzene rings is 2. The van der Waals surface area contributed by atoms with Crippen LogP contribution in [-0.4, -0.2) is 25.5 Å². The lowest BCUT2D eigenvalue weighted by Crippen LogP contribution is -2.27. The molecule has 0 aliphatic rings. The predicted molar refractivity (Wildman–Crippen MR) is 107 cm³/mol. The summed E-state index contributed by atoms with van der Waals surface area (Å²) in [4.78, 5) is 25.4. The van der Waals surface area contributed by atoms with E-state index in [1.165, 1.54) is 40.0 Å². The quantitative estimate of drug-likeness (QED) is 0.549. The van der Waals surface area contributed by atoms with Gasteiger partial charge in [0.2, 0.25) is 5.43 Å². The summed E-state index contributed by atoms with van der Waals surface area (Å²) in [6.45, 7) is 2.37. The van der Waals surface area contributed by atoms with Crippen LogP contribution in [0.25, 0.3) is 10.9 Å². The van der Waals surface area contributed by atoms with Crippen molar-refractivity contribution in [2.24, 2.45) is 0 Å². The number of nitrogens with zero attached hydrogens (tertiary/aromatic N) is 4. The Hall–Kier alpha value is -3.88. The molecule has 9 heteroatoms. The van der Waals surface area contributed by atoms with Crippen LogP contribution in [0.5, 0.6) is 0 Å². The van der Waals surface area contributed by atoms with Gasteiger partial charge in [-0.15, -0.1) is 0 Å². The average molecular weight is 409 g/mol. The number of carbonyl (C=O) groups is 1. The molecule has 0 spiro atoms. The molecule has 0 aliphatic heterocycles. The second-order valence-electron chi connectivity index (χ2n) is 6.63. The van der Waals surface area contributed by atoms with Crippen molar-refractivity contribution in [1.82, 2.24) is 19.6 Å². The van der Waals surface area contributed by atoms with Crippen LogP contribution in [0.3, 0.4) is 0 Å². The van der Waals surface area contributed by atoms with Gasteiger partial charge in [0.05, 0.1) is 29.3 Å². The largest absolute Gasteiger partial charge is 0.318 e. The Morgan fingerprint density at radius 1 is 1.17 bits per heavy atom. The third kappa shape index (κ3) is 3.69. The van der Waals surface area contributed by atoms with Gasteiger partial charge in [-0.2, -0.15) is 10.2 Å². The number of nitrogens with one attached hydrogen (secondary N) is 1. The van der Waals surface area contributed by atoms with Crippen LogP contribution in [0.4, 0.5) is 14.5 Å². The van der Waals surface area contributed by atoms with Crippen LogP contribution in [0.15, 0.2) is 59.7 Å². The Bertz CT molecular complexity index is 1310. The second kappa shape index (κ2) is 7.86. The van der Waals surface area contributed by atoms with Gasteiger partial charge in [-0.1, -0.05) is 18.2 Å². The number of aryl methyl sites for hydroxylation is 1. The number of rotatable bonds is 5. The van der Waals surface area contributed by atoms with Crippen molar-refractivity contribution in [3.8, 4) is 0 Å². The van der Waals surface area contributed by atoms with Crippen molar-refractivity contribution in [2.45, 2.75) is 20.0 Å². The third-order valence-electron chi connectivity index (χ3n) is 4.61. The van der Waals surface area contributed by atoms with Crippen molar-refractivity contribution in [3.05, 3.63) is 88.0 Å². The Morgan fingerprint density at radius 3 is 2.73 bits per heavy atom. The van der Waals surface area contributed by atoms with E-state index < -0.39 is 17.2 Å². The van der Waals surface area contributed by atoms with E-state index in [-0.39, 0.29) is 23.4 Å². The SMILES string of the molecule is CCn1nc(C(=O)Nc2cnn(Cc3ccccc3F)c2)c(=O)c2cc(F)ccc21. The lowest BCUT2D eigenvalue weighted by atomic mass is 10.2. The van der Waals surface area contributed by atoms with Crippen LogP contribution in [0.2, 0.25) is 0 Å². The first-order valence-corrected chi connectivity index (χ1v) is 9.24. The molecule has 4 aromatic rings. The number of halogens is 2. The molecular weight excluding hydrogens is 392 g/mol. The normalized spacial score (nSPS) is 11.0. The molecule has 1 N–H and O–H groups in total. The monoisotopic (exact) mass is 409 g/mol. The van der Waals surface area contributed by atoms with Crippen molar-refractivity contribution in [1.29, 1.82) is 0 Å². The highest BCUT2D eigenvalue weighted by molar-refractivity contribution is 6.04. The van der Waals surface area contributed by atoms with Crippen molar-refractivity contribution in [3.63, 3.8) is 0 Å². The second-order valence-corrected chi connectivity index (χ2v) is 6.63. The van der Waals surface area contributed by atoms with E-state index in [4.69, 9.17) is 0 Å². The highest BCUT2D eigenvalue weighted by Gasteiger charge is 2.18. The lowest BCUT2D eigenvalue weighted by molar-refractivity contribution is 0.101. The summed E-state index contributed by atoms with van der Waals surface area (Å²) in [7, 11) is 0. The zero-order valence-electron chi connectivity index (χ0n) is 16.0. The Morgan fingerprint density at radius 2 is 1.97 bits per heavy atom. The molecule has 0 fully saturated rings. The molecule has 4 rings (SSSR count). The minimum atomic E-state index is -0.737. The minimum Gasteiger partial charge on any atom is -0.318 e. The molecule has 2 aromatic carbocycles. The summed E-state index contributed by atoms with van der Waals surface area (Å²) in [6.07, 6.45) is 2.90. The molecule has 0 saturated carbocycles. The highest BCUT2D eigenvalue weighted by atomic mass is 19.1. The van der Waals surface area contributed by atoms with Gasteiger partial charge in [0, 0.05) is 18.3 Å². The van der Waals surface area contributed by atoms with E-state index in [9.17, 15) is 18.4 Å². The van der Waals surface area contributed by atoms with Gasteiger partial charge >= 0.3 is 0 Å². The first-order valence-electron chi connectivity index (χ1n) is 9.24. The molecule has 152 valence electrons. The molecule has 0 radical (unpaired) electrons. The molecule has 0 aliphatic carbocycles. The fourth-order valence-corrected chi connectivity index (χ4v) is 3.16. The molecule has 0 saturated heterocycles. The van der Waals surface area contributed by atoms with Gasteiger partial charge < -0.3 is 5.32 Å². The lowest BCUT2D eigenvalue weighted by Gasteiger charge is -2.10. The molecule has 2 aromatic heterocycles. The topological polar surface area (TPSA) is 81.8 Å². The molecule has 1 amide bonds. The highest BCUT2D eigenvalue weighted by Crippen LogP contribution is 2.14. The maximum atomic E-state index is 13.8. The minimum absolute atomic E-state index is 0.0762. The molecule has 2 heterocycles. The van der Waals surface area contributed by atoms with Gasteiger partial charge in [-0.3, -0.25) is 19.0 Å². The number of hydrogen-bond acceptors (Lipinski definition) is 4. The summed E-state index contributed by atoms with van der Waals surface area (Å²) in [5, 5.41) is 10.9. The Balaban J connectivity index is 1.61. The van der Waals surface area contributed by atoms with E-state index in [2.05, 4.69) is 15.5 Å². The van der Waals surface area contributed by atoms with Crippen molar-refractivity contribution in [2.75, 3.05) is 5.32 Å². The number of aromatic nitrogens is 4. The fraction of sp³-hybridized carbons (Fsp3) is 0.143. The zero-order chi connectivity index (χ0) is 21.3. The maximum Gasteiger partial charge on any atom is 0.280 e. The molecular formula is C21H17F2N5O2. The number of hydrogen-bond donors (Lipinski definition) is 1. The van der Waals surface area contributed by atoms with Crippen molar-refractivity contribution < 1.29 is 13.6 Å². The van der Waals surface area contributed by atoms with E-state index in [1.54, 1.807) is 25.1 Å². The predicted octanol–water partition coefficient (Wildman–Crippen LogP) is 3.19. The average Bonchev–Trinajstić information content (AvgIpc) is 3.17. The molecule has 0 bridgehead atoms. The van der Waals surface area contributed by atoms with Crippen molar-refractivity contribution >= 4 is 22.5 Å². The zero-order valence-corrected chi connectivity index (χ0v) is 16.0. The number of amides is 1.